The summed E-state index contributed by atoms with van der Waals surface area (Å²) in [6, 6.07) is 0. The largest absolute Gasteiger partial charge is 0.458 e. The SMILES string of the molecule is CC/C=C\C/C=C\C/C=C\C/C=C\CCCCCCCOCC(CO)OC(C)=O. The number of hydrogen-bond acceptors (Lipinski definition) is 4. The van der Waals surface area contributed by atoms with Crippen LogP contribution in [0.15, 0.2) is 48.6 Å². The van der Waals surface area contributed by atoms with Gasteiger partial charge in [0.25, 0.3) is 0 Å². The van der Waals surface area contributed by atoms with Gasteiger partial charge in [-0.1, -0.05) is 74.8 Å². The first-order valence-corrected chi connectivity index (χ1v) is 11.2. The zero-order valence-corrected chi connectivity index (χ0v) is 18.6. The van der Waals surface area contributed by atoms with Gasteiger partial charge in [-0.05, 0) is 44.9 Å². The van der Waals surface area contributed by atoms with Gasteiger partial charge in [-0.15, -0.1) is 0 Å². The molecule has 4 heteroatoms. The Balaban J connectivity index is 3.38. The Morgan fingerprint density at radius 1 is 0.828 bits per heavy atom. The molecule has 0 heterocycles. The molecule has 166 valence electrons. The maximum atomic E-state index is 10.8. The van der Waals surface area contributed by atoms with E-state index in [-0.39, 0.29) is 19.2 Å². The number of aliphatic hydroxyl groups is 1. The van der Waals surface area contributed by atoms with Crippen LogP contribution in [0, 0.1) is 0 Å². The van der Waals surface area contributed by atoms with Crippen molar-refractivity contribution in [3.8, 4) is 0 Å². The number of carbonyl (C=O) groups is 1. The van der Waals surface area contributed by atoms with Crippen LogP contribution in [0.25, 0.3) is 0 Å². The molecule has 0 aliphatic heterocycles. The third-order valence-corrected chi connectivity index (χ3v) is 4.22. The van der Waals surface area contributed by atoms with Crippen LogP contribution in [0.4, 0.5) is 0 Å². The number of rotatable bonds is 19. The fraction of sp³-hybridized carbons (Fsp3) is 0.640. The summed E-state index contributed by atoms with van der Waals surface area (Å²) in [6.45, 7) is 4.20. The average molecular weight is 407 g/mol. The number of ether oxygens (including phenoxy) is 2. The van der Waals surface area contributed by atoms with Gasteiger partial charge in [0.1, 0.15) is 6.10 Å². The van der Waals surface area contributed by atoms with E-state index in [4.69, 9.17) is 14.6 Å². The Morgan fingerprint density at radius 2 is 1.38 bits per heavy atom. The van der Waals surface area contributed by atoms with Gasteiger partial charge >= 0.3 is 5.97 Å². The first-order valence-electron chi connectivity index (χ1n) is 11.2. The van der Waals surface area contributed by atoms with Gasteiger partial charge in [0.2, 0.25) is 0 Å². The summed E-state index contributed by atoms with van der Waals surface area (Å²) in [4.78, 5) is 10.8. The Hall–Kier alpha value is -1.65. The molecule has 29 heavy (non-hydrogen) atoms. The zero-order chi connectivity index (χ0) is 21.4. The molecule has 1 unspecified atom stereocenters. The molecule has 0 radical (unpaired) electrons. The molecule has 0 fully saturated rings. The predicted octanol–water partition coefficient (Wildman–Crippen LogP) is 6.07. The van der Waals surface area contributed by atoms with Crippen LogP contribution in [0.5, 0.6) is 0 Å². The second kappa shape index (κ2) is 22.6. The molecule has 0 rings (SSSR count). The van der Waals surface area contributed by atoms with Crippen LogP contribution in [0.1, 0.15) is 78.1 Å². The molecule has 0 aliphatic rings. The van der Waals surface area contributed by atoms with Crippen molar-refractivity contribution in [2.75, 3.05) is 19.8 Å². The molecule has 0 saturated carbocycles. The normalized spacial score (nSPS) is 13.3. The van der Waals surface area contributed by atoms with E-state index in [2.05, 4.69) is 55.5 Å². The minimum absolute atomic E-state index is 0.198. The number of esters is 1. The summed E-state index contributed by atoms with van der Waals surface area (Å²) in [5.41, 5.74) is 0. The fourth-order valence-corrected chi connectivity index (χ4v) is 2.67. The van der Waals surface area contributed by atoms with Crippen LogP contribution in [-0.4, -0.2) is 37.0 Å². The summed E-state index contributed by atoms with van der Waals surface area (Å²) in [7, 11) is 0. The van der Waals surface area contributed by atoms with Crippen LogP contribution >= 0.6 is 0 Å². The van der Waals surface area contributed by atoms with Crippen molar-refractivity contribution in [3.63, 3.8) is 0 Å². The summed E-state index contributed by atoms with van der Waals surface area (Å²) in [6.07, 6.45) is 28.4. The van der Waals surface area contributed by atoms with E-state index in [0.29, 0.717) is 6.61 Å². The summed E-state index contributed by atoms with van der Waals surface area (Å²) in [5.74, 6) is -0.388. The molecule has 1 N–H and O–H groups in total. The highest BCUT2D eigenvalue weighted by atomic mass is 16.6. The van der Waals surface area contributed by atoms with Crippen LogP contribution in [-0.2, 0) is 14.3 Å². The second-order valence-corrected chi connectivity index (χ2v) is 7.05. The lowest BCUT2D eigenvalue weighted by Gasteiger charge is -2.14. The fourth-order valence-electron chi connectivity index (χ4n) is 2.67. The van der Waals surface area contributed by atoms with Gasteiger partial charge in [0.05, 0.1) is 13.2 Å². The molecule has 0 aromatic carbocycles. The van der Waals surface area contributed by atoms with Crippen LogP contribution in [0.2, 0.25) is 0 Å². The van der Waals surface area contributed by atoms with Crippen molar-refractivity contribution in [2.24, 2.45) is 0 Å². The van der Waals surface area contributed by atoms with Gasteiger partial charge in [0.15, 0.2) is 0 Å². The Morgan fingerprint density at radius 3 is 1.97 bits per heavy atom. The molecule has 0 aliphatic carbocycles. The summed E-state index contributed by atoms with van der Waals surface area (Å²) in [5, 5.41) is 9.06. The lowest BCUT2D eigenvalue weighted by molar-refractivity contribution is -0.152. The van der Waals surface area contributed by atoms with Gasteiger partial charge in [0, 0.05) is 13.5 Å². The van der Waals surface area contributed by atoms with Gasteiger partial charge < -0.3 is 14.6 Å². The number of carbonyl (C=O) groups excluding carboxylic acids is 1. The molecular weight excluding hydrogens is 364 g/mol. The van der Waals surface area contributed by atoms with Crippen molar-refractivity contribution >= 4 is 5.97 Å². The van der Waals surface area contributed by atoms with E-state index in [1.807, 2.05) is 0 Å². The van der Waals surface area contributed by atoms with Gasteiger partial charge in [-0.2, -0.15) is 0 Å². The van der Waals surface area contributed by atoms with Crippen molar-refractivity contribution in [1.82, 2.24) is 0 Å². The maximum Gasteiger partial charge on any atom is 0.303 e. The lowest BCUT2D eigenvalue weighted by atomic mass is 10.1. The first kappa shape index (κ1) is 27.4. The van der Waals surface area contributed by atoms with E-state index in [0.717, 1.165) is 44.9 Å². The highest BCUT2D eigenvalue weighted by Crippen LogP contribution is 2.07. The standard InChI is InChI=1S/C25H42O4/c1-3-4-5-6-7-8-9-10-11-12-13-14-15-16-17-18-19-20-21-28-23-25(22-26)29-24(2)27/h4-5,7-8,10-11,13-14,25-26H,3,6,9,12,15-23H2,1-2H3/b5-4-,8-7-,11-10-,14-13-. The number of hydrogen-bond donors (Lipinski definition) is 1. The van der Waals surface area contributed by atoms with Crippen LogP contribution < -0.4 is 0 Å². The monoisotopic (exact) mass is 406 g/mol. The minimum atomic E-state index is -0.543. The molecule has 0 spiro atoms. The third-order valence-electron chi connectivity index (χ3n) is 4.22. The van der Waals surface area contributed by atoms with E-state index in [1.54, 1.807) is 0 Å². The molecular formula is C25H42O4. The van der Waals surface area contributed by atoms with E-state index < -0.39 is 6.10 Å². The zero-order valence-electron chi connectivity index (χ0n) is 18.6. The smallest absolute Gasteiger partial charge is 0.303 e. The van der Waals surface area contributed by atoms with E-state index in [9.17, 15) is 4.79 Å². The van der Waals surface area contributed by atoms with Crippen LogP contribution in [0.3, 0.4) is 0 Å². The molecule has 1 atom stereocenters. The predicted molar refractivity (Wildman–Crippen MR) is 122 cm³/mol. The van der Waals surface area contributed by atoms with E-state index in [1.165, 1.54) is 26.2 Å². The summed E-state index contributed by atoms with van der Waals surface area (Å²) < 4.78 is 10.4. The Labute approximate surface area is 178 Å². The highest BCUT2D eigenvalue weighted by molar-refractivity contribution is 5.66. The molecule has 0 aromatic rings. The molecule has 0 amide bonds. The quantitative estimate of drug-likeness (QED) is 0.161. The summed E-state index contributed by atoms with van der Waals surface area (Å²) >= 11 is 0. The van der Waals surface area contributed by atoms with Crippen molar-refractivity contribution in [1.29, 1.82) is 0 Å². The Kier molecular flexibility index (Phi) is 21.3. The number of allylic oxidation sites excluding steroid dienone is 8. The third kappa shape index (κ3) is 22.5. The number of aliphatic hydroxyl groups excluding tert-OH is 1. The molecule has 0 bridgehead atoms. The van der Waals surface area contributed by atoms with Crippen molar-refractivity contribution in [2.45, 2.75) is 84.2 Å². The second-order valence-electron chi connectivity index (χ2n) is 7.05. The van der Waals surface area contributed by atoms with Gasteiger partial charge in [-0.25, -0.2) is 0 Å². The van der Waals surface area contributed by atoms with E-state index >= 15 is 0 Å². The van der Waals surface area contributed by atoms with Gasteiger partial charge in [-0.3, -0.25) is 4.79 Å². The minimum Gasteiger partial charge on any atom is -0.458 e. The van der Waals surface area contributed by atoms with Crippen molar-refractivity contribution < 1.29 is 19.4 Å². The first-order chi connectivity index (χ1) is 14.2. The average Bonchev–Trinajstić information content (AvgIpc) is 2.71. The lowest BCUT2D eigenvalue weighted by Crippen LogP contribution is -2.26. The number of unbranched alkanes of at least 4 members (excludes halogenated alkanes) is 5. The molecule has 0 saturated heterocycles. The molecule has 0 aromatic heterocycles. The topological polar surface area (TPSA) is 55.8 Å². The Bertz CT molecular complexity index is 477. The molecule has 4 nitrogen and oxygen atoms in total. The van der Waals surface area contributed by atoms with Crippen molar-refractivity contribution in [3.05, 3.63) is 48.6 Å². The maximum absolute atomic E-state index is 10.8. The highest BCUT2D eigenvalue weighted by Gasteiger charge is 2.10.